The smallest absolute Gasteiger partial charge is 0.401 e. The number of amides is 1. The van der Waals surface area contributed by atoms with Crippen LogP contribution in [0.15, 0.2) is 64.8 Å². The Morgan fingerprint density at radius 3 is 2.13 bits per heavy atom. The second kappa shape index (κ2) is 8.73. The number of nitrogens with zero attached hydrogens (tertiary/aromatic N) is 2. The van der Waals surface area contributed by atoms with Gasteiger partial charge in [0, 0.05) is 56.9 Å². The van der Waals surface area contributed by atoms with Crippen molar-refractivity contribution in [1.29, 1.82) is 0 Å². The van der Waals surface area contributed by atoms with Crippen molar-refractivity contribution >= 4 is 11.6 Å². The number of likely N-dealkylation sites (tertiary alicyclic amines) is 1. The molecule has 0 aliphatic carbocycles. The molecule has 1 saturated heterocycles. The quantitative estimate of drug-likeness (QED) is 0.805. The Labute approximate surface area is 173 Å². The van der Waals surface area contributed by atoms with Crippen LogP contribution in [-0.2, 0) is 17.4 Å². The van der Waals surface area contributed by atoms with Crippen LogP contribution in [0.5, 0.6) is 0 Å². The van der Waals surface area contributed by atoms with Crippen LogP contribution in [0, 0.1) is 0 Å². The van der Waals surface area contributed by atoms with E-state index in [1.54, 1.807) is 18.9 Å². The van der Waals surface area contributed by atoms with E-state index in [1.807, 2.05) is 24.3 Å². The first-order valence-electron chi connectivity index (χ1n) is 9.64. The zero-order chi connectivity index (χ0) is 21.9. The maximum atomic E-state index is 12.7. The fourth-order valence-electron chi connectivity index (χ4n) is 3.55. The molecule has 1 aliphatic heterocycles. The molecule has 0 aromatic heterocycles. The summed E-state index contributed by atoms with van der Waals surface area (Å²) in [5, 5.41) is 0. The number of hydrogen-bond acceptors (Lipinski definition) is 3. The van der Waals surface area contributed by atoms with Crippen LogP contribution in [0.25, 0.3) is 11.1 Å². The van der Waals surface area contributed by atoms with Crippen molar-refractivity contribution in [3.8, 4) is 11.1 Å². The van der Waals surface area contributed by atoms with Crippen molar-refractivity contribution in [1.82, 2.24) is 4.90 Å². The summed E-state index contributed by atoms with van der Waals surface area (Å²) in [6.07, 6.45) is -3.16. The number of carbonyl (C=O) groups excluding carboxylic acids is 1. The SMILES string of the molecule is CN=C1CCN(C(C)=O)CC1=C(N)Cc1ccc(-c2ccc(C(F)(F)F)cc2)cc1. The number of aliphatic imine (C=N–C) groups is 1. The molecule has 3 rings (SSSR count). The third-order valence-corrected chi connectivity index (χ3v) is 5.31. The summed E-state index contributed by atoms with van der Waals surface area (Å²) < 4.78 is 38.2. The number of alkyl halides is 3. The molecule has 0 atom stereocenters. The van der Waals surface area contributed by atoms with Gasteiger partial charge in [-0.15, -0.1) is 0 Å². The van der Waals surface area contributed by atoms with Gasteiger partial charge in [-0.05, 0) is 28.8 Å². The lowest BCUT2D eigenvalue weighted by Gasteiger charge is -2.30. The van der Waals surface area contributed by atoms with Gasteiger partial charge in [-0.2, -0.15) is 13.2 Å². The lowest BCUT2D eigenvalue weighted by molar-refractivity contribution is -0.137. The molecule has 1 heterocycles. The predicted molar refractivity (Wildman–Crippen MR) is 112 cm³/mol. The van der Waals surface area contributed by atoms with Crippen LogP contribution < -0.4 is 5.73 Å². The number of rotatable bonds is 3. The minimum absolute atomic E-state index is 0.0105. The monoisotopic (exact) mass is 415 g/mol. The molecule has 158 valence electrons. The van der Waals surface area contributed by atoms with Gasteiger partial charge in [-0.25, -0.2) is 0 Å². The Hall–Kier alpha value is -3.09. The highest BCUT2D eigenvalue weighted by Gasteiger charge is 2.30. The van der Waals surface area contributed by atoms with Crippen molar-refractivity contribution in [2.75, 3.05) is 20.1 Å². The zero-order valence-electron chi connectivity index (χ0n) is 17.0. The Morgan fingerprint density at radius 1 is 1.07 bits per heavy atom. The van der Waals surface area contributed by atoms with Crippen molar-refractivity contribution in [2.45, 2.75) is 25.9 Å². The summed E-state index contributed by atoms with van der Waals surface area (Å²) in [6, 6.07) is 12.7. The molecule has 0 bridgehead atoms. The zero-order valence-corrected chi connectivity index (χ0v) is 17.0. The molecule has 7 heteroatoms. The molecule has 2 aromatic rings. The fraction of sp³-hybridized carbons (Fsp3) is 0.304. The number of benzene rings is 2. The van der Waals surface area contributed by atoms with Gasteiger partial charge in [0.05, 0.1) is 5.56 Å². The largest absolute Gasteiger partial charge is 0.416 e. The van der Waals surface area contributed by atoms with Crippen LogP contribution in [0.1, 0.15) is 24.5 Å². The summed E-state index contributed by atoms with van der Waals surface area (Å²) in [4.78, 5) is 17.8. The standard InChI is InChI=1S/C23H24F3N3O/c1-15(30)29-12-11-22(28-2)20(14-29)21(27)13-16-3-5-17(6-4-16)18-7-9-19(10-8-18)23(24,25)26/h3-10H,11-14,27H2,1-2H3. The highest BCUT2D eigenvalue weighted by molar-refractivity contribution is 6.02. The number of allylic oxidation sites excluding steroid dienone is 1. The summed E-state index contributed by atoms with van der Waals surface area (Å²) in [5.41, 5.74) is 10.7. The predicted octanol–water partition coefficient (Wildman–Crippen LogP) is 4.45. The van der Waals surface area contributed by atoms with Crippen LogP contribution in [0.2, 0.25) is 0 Å². The van der Waals surface area contributed by atoms with Crippen LogP contribution in [-0.4, -0.2) is 36.7 Å². The molecule has 0 radical (unpaired) electrons. The molecule has 2 N–H and O–H groups in total. The second-order valence-electron chi connectivity index (χ2n) is 7.31. The average molecular weight is 415 g/mol. The molecule has 1 fully saturated rings. The van der Waals surface area contributed by atoms with Gasteiger partial charge in [0.15, 0.2) is 0 Å². The number of hydrogen-bond donors (Lipinski definition) is 1. The molecule has 2 aromatic carbocycles. The van der Waals surface area contributed by atoms with Crippen molar-refractivity contribution in [3.05, 3.63) is 70.9 Å². The number of nitrogens with two attached hydrogens (primary N) is 1. The van der Waals surface area contributed by atoms with Gasteiger partial charge in [0.25, 0.3) is 0 Å². The topological polar surface area (TPSA) is 58.7 Å². The van der Waals surface area contributed by atoms with E-state index in [-0.39, 0.29) is 5.91 Å². The summed E-state index contributed by atoms with van der Waals surface area (Å²) in [7, 11) is 1.73. The van der Waals surface area contributed by atoms with E-state index in [9.17, 15) is 18.0 Å². The lowest BCUT2D eigenvalue weighted by atomic mass is 9.96. The fourth-order valence-corrected chi connectivity index (χ4v) is 3.55. The minimum atomic E-state index is -4.34. The lowest BCUT2D eigenvalue weighted by Crippen LogP contribution is -2.40. The Kier molecular flexibility index (Phi) is 6.29. The van der Waals surface area contributed by atoms with Gasteiger partial charge in [0.1, 0.15) is 0 Å². The maximum Gasteiger partial charge on any atom is 0.416 e. The van der Waals surface area contributed by atoms with Gasteiger partial charge < -0.3 is 10.6 Å². The minimum Gasteiger partial charge on any atom is -0.401 e. The molecule has 0 spiro atoms. The van der Waals surface area contributed by atoms with E-state index in [0.717, 1.165) is 34.5 Å². The number of piperidine rings is 1. The number of halogens is 3. The normalized spacial score (nSPS) is 17.9. The Balaban J connectivity index is 1.77. The first kappa shape index (κ1) is 21.6. The first-order valence-corrected chi connectivity index (χ1v) is 9.64. The molecule has 0 saturated carbocycles. The van der Waals surface area contributed by atoms with E-state index in [2.05, 4.69) is 4.99 Å². The van der Waals surface area contributed by atoms with Crippen LogP contribution >= 0.6 is 0 Å². The van der Waals surface area contributed by atoms with Gasteiger partial charge in [0.2, 0.25) is 5.91 Å². The molecule has 0 unspecified atom stereocenters. The third kappa shape index (κ3) is 4.90. The van der Waals surface area contributed by atoms with Crippen molar-refractivity contribution < 1.29 is 18.0 Å². The first-order chi connectivity index (χ1) is 14.2. The van der Waals surface area contributed by atoms with Crippen molar-refractivity contribution in [2.24, 2.45) is 10.7 Å². The Morgan fingerprint density at radius 2 is 1.63 bits per heavy atom. The second-order valence-corrected chi connectivity index (χ2v) is 7.31. The molecule has 30 heavy (non-hydrogen) atoms. The number of carbonyl (C=O) groups is 1. The highest BCUT2D eigenvalue weighted by atomic mass is 19.4. The van der Waals surface area contributed by atoms with Crippen molar-refractivity contribution in [3.63, 3.8) is 0 Å². The van der Waals surface area contributed by atoms with E-state index >= 15 is 0 Å². The van der Waals surface area contributed by atoms with Gasteiger partial charge in [-0.1, -0.05) is 36.4 Å². The maximum absolute atomic E-state index is 12.7. The Bertz CT molecular complexity index is 974. The van der Waals surface area contributed by atoms with E-state index < -0.39 is 11.7 Å². The molecule has 1 aliphatic rings. The van der Waals surface area contributed by atoms with E-state index in [1.165, 1.54) is 12.1 Å². The van der Waals surface area contributed by atoms with Crippen LogP contribution in [0.4, 0.5) is 13.2 Å². The van der Waals surface area contributed by atoms with E-state index in [4.69, 9.17) is 5.73 Å². The molecular formula is C23H24F3N3O. The highest BCUT2D eigenvalue weighted by Crippen LogP contribution is 2.31. The van der Waals surface area contributed by atoms with Crippen LogP contribution in [0.3, 0.4) is 0 Å². The van der Waals surface area contributed by atoms with Gasteiger partial charge >= 0.3 is 6.18 Å². The third-order valence-electron chi connectivity index (χ3n) is 5.31. The molecule has 4 nitrogen and oxygen atoms in total. The van der Waals surface area contributed by atoms with E-state index in [0.29, 0.717) is 37.2 Å². The van der Waals surface area contributed by atoms with Gasteiger partial charge in [-0.3, -0.25) is 9.79 Å². The molecular weight excluding hydrogens is 391 g/mol. The average Bonchev–Trinajstić information content (AvgIpc) is 2.73. The molecule has 1 amide bonds. The summed E-state index contributed by atoms with van der Waals surface area (Å²) >= 11 is 0. The summed E-state index contributed by atoms with van der Waals surface area (Å²) in [6.45, 7) is 2.64. The summed E-state index contributed by atoms with van der Waals surface area (Å²) in [5.74, 6) is 0.0105.